The lowest BCUT2D eigenvalue weighted by molar-refractivity contribution is 0.380. The summed E-state index contributed by atoms with van der Waals surface area (Å²) < 4.78 is 10.6. The summed E-state index contributed by atoms with van der Waals surface area (Å²) in [4.78, 5) is 19.2. The Bertz CT molecular complexity index is 344. The molecule has 0 spiro atoms. The van der Waals surface area contributed by atoms with Gasteiger partial charge >= 0.3 is 7.75 Å². The van der Waals surface area contributed by atoms with Crippen LogP contribution in [0.15, 0.2) is 24.3 Å². The van der Waals surface area contributed by atoms with Crippen LogP contribution in [0.5, 0.6) is 0 Å². The number of nitrogens with one attached hydrogen (secondary N) is 1. The van der Waals surface area contributed by atoms with Gasteiger partial charge in [-0.25, -0.2) is 4.57 Å². The lowest BCUT2D eigenvalue weighted by Gasteiger charge is -2.13. The van der Waals surface area contributed by atoms with E-state index in [0.717, 1.165) is 5.69 Å². The topological polar surface area (TPSA) is 72.8 Å². The Balaban J connectivity index is 2.79. The van der Waals surface area contributed by atoms with Crippen LogP contribution in [0.2, 0.25) is 0 Å². The van der Waals surface area contributed by atoms with Gasteiger partial charge in [0.1, 0.15) is 0 Å². The average molecular weight is 216 g/mol. The fourth-order valence-electron chi connectivity index (χ4n) is 1.00. The summed E-state index contributed by atoms with van der Waals surface area (Å²) in [6, 6.07) is 6.79. The van der Waals surface area contributed by atoms with Gasteiger partial charge in [-0.2, -0.15) is 0 Å². The molecule has 78 valence electrons. The minimum atomic E-state index is -4.19. The van der Waals surface area contributed by atoms with Crippen molar-refractivity contribution in [3.8, 4) is 0 Å². The van der Waals surface area contributed by atoms with Crippen LogP contribution in [0.25, 0.3) is 0 Å². The van der Waals surface area contributed by atoms with Crippen molar-refractivity contribution in [1.82, 2.24) is 0 Å². The summed E-state index contributed by atoms with van der Waals surface area (Å²) in [5.41, 5.74) is 1.38. The molecular formula is C8H13N2O3P. The number of benzene rings is 1. The van der Waals surface area contributed by atoms with Gasteiger partial charge in [0.15, 0.2) is 0 Å². The third-order valence-electron chi connectivity index (χ3n) is 1.66. The van der Waals surface area contributed by atoms with Gasteiger partial charge in [-0.1, -0.05) is 0 Å². The van der Waals surface area contributed by atoms with Crippen LogP contribution in [0.3, 0.4) is 0 Å². The van der Waals surface area contributed by atoms with Gasteiger partial charge in [-0.15, -0.1) is 0 Å². The van der Waals surface area contributed by atoms with E-state index in [9.17, 15) is 4.57 Å². The normalized spacial score (nSPS) is 11.1. The highest BCUT2D eigenvalue weighted by atomic mass is 31.2. The second-order valence-electron chi connectivity index (χ2n) is 3.10. The molecular weight excluding hydrogens is 203 g/mol. The van der Waals surface area contributed by atoms with Crippen molar-refractivity contribution in [3.05, 3.63) is 24.3 Å². The molecule has 0 unspecified atom stereocenters. The van der Waals surface area contributed by atoms with Crippen LogP contribution in [-0.2, 0) is 4.57 Å². The first-order valence-electron chi connectivity index (χ1n) is 4.00. The van der Waals surface area contributed by atoms with E-state index in [1.54, 1.807) is 24.3 Å². The highest BCUT2D eigenvalue weighted by molar-refractivity contribution is 7.53. The molecule has 1 aromatic carbocycles. The molecule has 0 aliphatic carbocycles. The molecule has 0 bridgehead atoms. The molecule has 0 aliphatic rings. The highest BCUT2D eigenvalue weighted by Crippen LogP contribution is 2.35. The maximum Gasteiger partial charge on any atom is 0.427 e. The number of rotatable bonds is 3. The van der Waals surface area contributed by atoms with Gasteiger partial charge in [0, 0.05) is 25.5 Å². The Labute approximate surface area is 82.6 Å². The van der Waals surface area contributed by atoms with Crippen LogP contribution in [0, 0.1) is 0 Å². The smallest absolute Gasteiger partial charge is 0.378 e. The van der Waals surface area contributed by atoms with E-state index < -0.39 is 7.75 Å². The molecule has 0 aromatic heterocycles. The zero-order valence-electron chi connectivity index (χ0n) is 8.01. The molecule has 0 radical (unpaired) electrons. The van der Waals surface area contributed by atoms with Gasteiger partial charge in [-0.05, 0) is 24.3 Å². The molecule has 0 heterocycles. The Kier molecular flexibility index (Phi) is 3.16. The molecule has 0 saturated heterocycles. The molecule has 0 atom stereocenters. The van der Waals surface area contributed by atoms with Gasteiger partial charge < -0.3 is 14.7 Å². The summed E-state index contributed by atoms with van der Waals surface area (Å²) in [6.45, 7) is 0. The first kappa shape index (κ1) is 11.0. The summed E-state index contributed by atoms with van der Waals surface area (Å²) in [5.74, 6) is 0. The fraction of sp³-hybridized carbons (Fsp3) is 0.250. The molecule has 0 saturated carbocycles. The molecule has 0 amide bonds. The van der Waals surface area contributed by atoms with Gasteiger partial charge in [0.05, 0.1) is 0 Å². The van der Waals surface area contributed by atoms with E-state index in [-0.39, 0.29) is 0 Å². The van der Waals surface area contributed by atoms with E-state index in [1.165, 1.54) is 0 Å². The van der Waals surface area contributed by atoms with Crippen LogP contribution >= 0.6 is 7.75 Å². The van der Waals surface area contributed by atoms with E-state index in [2.05, 4.69) is 5.09 Å². The van der Waals surface area contributed by atoms with Crippen LogP contribution < -0.4 is 9.99 Å². The minimum Gasteiger partial charge on any atom is -0.378 e. The van der Waals surface area contributed by atoms with Crippen molar-refractivity contribution < 1.29 is 14.4 Å². The fourth-order valence-corrected chi connectivity index (χ4v) is 1.49. The summed E-state index contributed by atoms with van der Waals surface area (Å²) >= 11 is 0. The molecule has 3 N–H and O–H groups in total. The Morgan fingerprint density at radius 1 is 1.21 bits per heavy atom. The standard InChI is InChI=1S/C8H13N2O3P/c1-10(2)8-5-3-7(4-6-8)9-14(11,12)13/h3-6H,1-2H3,(H3,9,11,12,13). The monoisotopic (exact) mass is 216 g/mol. The van der Waals surface area contributed by atoms with E-state index >= 15 is 0 Å². The summed E-state index contributed by atoms with van der Waals surface area (Å²) in [6.07, 6.45) is 0. The maximum atomic E-state index is 10.6. The number of anilines is 2. The molecule has 0 fully saturated rings. The van der Waals surface area contributed by atoms with Crippen LogP contribution in [-0.4, -0.2) is 23.9 Å². The zero-order valence-corrected chi connectivity index (χ0v) is 8.90. The first-order valence-corrected chi connectivity index (χ1v) is 5.61. The lowest BCUT2D eigenvalue weighted by Crippen LogP contribution is -2.08. The summed E-state index contributed by atoms with van der Waals surface area (Å²) in [7, 11) is -0.402. The third kappa shape index (κ3) is 3.38. The molecule has 1 rings (SSSR count). The Morgan fingerprint density at radius 2 is 1.71 bits per heavy atom. The minimum absolute atomic E-state index is 0.406. The van der Waals surface area contributed by atoms with Crippen molar-refractivity contribution in [2.24, 2.45) is 0 Å². The highest BCUT2D eigenvalue weighted by Gasteiger charge is 2.11. The molecule has 1 aromatic rings. The number of hydrogen-bond acceptors (Lipinski definition) is 2. The van der Waals surface area contributed by atoms with Crippen LogP contribution in [0.4, 0.5) is 11.4 Å². The van der Waals surface area contributed by atoms with Gasteiger partial charge in [-0.3, -0.25) is 5.09 Å². The maximum absolute atomic E-state index is 10.6. The second-order valence-corrected chi connectivity index (χ2v) is 4.41. The van der Waals surface area contributed by atoms with Gasteiger partial charge in [0.25, 0.3) is 0 Å². The van der Waals surface area contributed by atoms with Crippen molar-refractivity contribution in [3.63, 3.8) is 0 Å². The average Bonchev–Trinajstić information content (AvgIpc) is 2.02. The van der Waals surface area contributed by atoms with Crippen molar-refractivity contribution in [1.29, 1.82) is 0 Å². The van der Waals surface area contributed by atoms with Crippen LogP contribution in [0.1, 0.15) is 0 Å². The lowest BCUT2D eigenvalue weighted by atomic mass is 10.3. The molecule has 5 nitrogen and oxygen atoms in total. The second kappa shape index (κ2) is 4.00. The van der Waals surface area contributed by atoms with Crippen molar-refractivity contribution in [2.45, 2.75) is 0 Å². The Hall–Kier alpha value is -1.03. The number of nitrogens with zero attached hydrogens (tertiary/aromatic N) is 1. The predicted molar refractivity (Wildman–Crippen MR) is 56.4 cm³/mol. The molecule has 6 heteroatoms. The summed E-state index contributed by atoms with van der Waals surface area (Å²) in [5, 5.41) is 2.10. The van der Waals surface area contributed by atoms with E-state index in [0.29, 0.717) is 5.69 Å². The number of hydrogen-bond donors (Lipinski definition) is 3. The quantitative estimate of drug-likeness (QED) is 0.663. The third-order valence-corrected chi connectivity index (χ3v) is 2.21. The molecule has 0 aliphatic heterocycles. The SMILES string of the molecule is CN(C)c1ccc(NP(=O)(O)O)cc1. The first-order chi connectivity index (χ1) is 6.38. The van der Waals surface area contributed by atoms with Crippen molar-refractivity contribution >= 4 is 19.1 Å². The largest absolute Gasteiger partial charge is 0.427 e. The van der Waals surface area contributed by atoms with E-state index in [1.807, 2.05) is 19.0 Å². The zero-order chi connectivity index (χ0) is 10.8. The van der Waals surface area contributed by atoms with E-state index in [4.69, 9.17) is 9.79 Å². The Morgan fingerprint density at radius 3 is 2.07 bits per heavy atom. The van der Waals surface area contributed by atoms with Crippen molar-refractivity contribution in [2.75, 3.05) is 24.1 Å². The van der Waals surface area contributed by atoms with Gasteiger partial charge in [0.2, 0.25) is 0 Å². The molecule has 14 heavy (non-hydrogen) atoms. The predicted octanol–water partition coefficient (Wildman–Crippen LogP) is 1.26.